The molecule has 1 unspecified atom stereocenters. The molecule has 88 valence electrons. The highest BCUT2D eigenvalue weighted by atomic mass is 16.5. The van der Waals surface area contributed by atoms with Crippen LogP contribution in [-0.4, -0.2) is 13.2 Å². The van der Waals surface area contributed by atoms with Gasteiger partial charge in [-0.2, -0.15) is 0 Å². The van der Waals surface area contributed by atoms with E-state index in [9.17, 15) is 0 Å². The summed E-state index contributed by atoms with van der Waals surface area (Å²) in [6.45, 7) is 8.01. The van der Waals surface area contributed by atoms with E-state index in [2.05, 4.69) is 31.8 Å². The van der Waals surface area contributed by atoms with E-state index >= 15 is 0 Å². The molecule has 0 spiro atoms. The molecule has 1 rings (SSSR count). The predicted octanol–water partition coefficient (Wildman–Crippen LogP) is 3.77. The van der Waals surface area contributed by atoms with Crippen LogP contribution in [0.3, 0.4) is 0 Å². The van der Waals surface area contributed by atoms with Crippen molar-refractivity contribution in [1.29, 1.82) is 0 Å². The molecule has 1 atom stereocenters. The van der Waals surface area contributed by atoms with Gasteiger partial charge in [-0.15, -0.1) is 6.58 Å². The highest BCUT2D eigenvalue weighted by molar-refractivity contribution is 5.54. The molecule has 0 bridgehead atoms. The van der Waals surface area contributed by atoms with Crippen molar-refractivity contribution in [1.82, 2.24) is 0 Å². The average Bonchev–Trinajstić information content (AvgIpc) is 2.29. The Balaban J connectivity index is 2.62. The monoisotopic (exact) mass is 219 g/mol. The molecule has 16 heavy (non-hydrogen) atoms. The molecule has 0 aliphatic carbocycles. The first-order chi connectivity index (χ1) is 7.67. The number of hydrogen-bond donors (Lipinski definition) is 1. The number of rotatable bonds is 6. The van der Waals surface area contributed by atoms with Crippen LogP contribution in [0.2, 0.25) is 0 Å². The Bertz CT molecular complexity index is 347. The lowest BCUT2D eigenvalue weighted by atomic mass is 10.1. The molecular formula is C14H21NO. The molecule has 0 fully saturated rings. The van der Waals surface area contributed by atoms with Gasteiger partial charge in [0.1, 0.15) is 5.75 Å². The summed E-state index contributed by atoms with van der Waals surface area (Å²) < 4.78 is 5.18. The molecule has 0 aliphatic heterocycles. The number of nitrogens with one attached hydrogen (secondary N) is 1. The van der Waals surface area contributed by atoms with E-state index in [1.54, 1.807) is 7.11 Å². The van der Waals surface area contributed by atoms with Gasteiger partial charge in [0.25, 0.3) is 0 Å². The number of methoxy groups -OCH3 is 1. The number of allylic oxidation sites excluding steroid dienone is 1. The maximum atomic E-state index is 5.18. The van der Waals surface area contributed by atoms with Crippen molar-refractivity contribution in [3.05, 3.63) is 36.4 Å². The van der Waals surface area contributed by atoms with Crippen LogP contribution in [0.25, 0.3) is 0 Å². The zero-order chi connectivity index (χ0) is 12.0. The summed E-state index contributed by atoms with van der Waals surface area (Å²) in [6, 6.07) is 6.56. The fourth-order valence-corrected chi connectivity index (χ4v) is 1.63. The Morgan fingerprint density at radius 3 is 2.81 bits per heavy atom. The van der Waals surface area contributed by atoms with Gasteiger partial charge in [0.2, 0.25) is 0 Å². The molecule has 0 radical (unpaired) electrons. The van der Waals surface area contributed by atoms with Crippen molar-refractivity contribution in [2.45, 2.75) is 32.7 Å². The zero-order valence-electron chi connectivity index (χ0n) is 10.4. The maximum absolute atomic E-state index is 5.18. The average molecular weight is 219 g/mol. The third-order valence-electron chi connectivity index (χ3n) is 2.64. The summed E-state index contributed by atoms with van der Waals surface area (Å²) in [7, 11) is 1.69. The van der Waals surface area contributed by atoms with Crippen LogP contribution in [-0.2, 0) is 0 Å². The normalized spacial score (nSPS) is 11.9. The van der Waals surface area contributed by atoms with E-state index in [-0.39, 0.29) is 0 Å². The largest absolute Gasteiger partial charge is 0.497 e. The van der Waals surface area contributed by atoms with Crippen molar-refractivity contribution in [3.8, 4) is 5.75 Å². The Morgan fingerprint density at radius 2 is 2.25 bits per heavy atom. The fourth-order valence-electron chi connectivity index (χ4n) is 1.63. The Kier molecular flexibility index (Phi) is 4.90. The van der Waals surface area contributed by atoms with Gasteiger partial charge in [0.05, 0.1) is 7.11 Å². The third-order valence-corrected chi connectivity index (χ3v) is 2.64. The van der Waals surface area contributed by atoms with E-state index in [1.165, 1.54) is 11.3 Å². The molecule has 0 aromatic heterocycles. The van der Waals surface area contributed by atoms with Gasteiger partial charge in [-0.25, -0.2) is 0 Å². The molecule has 0 saturated heterocycles. The molecule has 1 N–H and O–H groups in total. The van der Waals surface area contributed by atoms with Crippen LogP contribution in [0.5, 0.6) is 5.75 Å². The lowest BCUT2D eigenvalue weighted by Crippen LogP contribution is -2.15. The van der Waals surface area contributed by atoms with Crippen molar-refractivity contribution in [2.24, 2.45) is 0 Å². The maximum Gasteiger partial charge on any atom is 0.119 e. The lowest BCUT2D eigenvalue weighted by Gasteiger charge is -2.16. The summed E-state index contributed by atoms with van der Waals surface area (Å²) in [6.07, 6.45) is 4.11. The molecule has 0 saturated carbocycles. The summed E-state index contributed by atoms with van der Waals surface area (Å²) in [5, 5.41) is 3.49. The highest BCUT2D eigenvalue weighted by Crippen LogP contribution is 2.22. The predicted molar refractivity (Wildman–Crippen MR) is 70.2 cm³/mol. The summed E-state index contributed by atoms with van der Waals surface area (Å²) in [5.41, 5.74) is 2.39. The molecule has 0 amide bonds. The second-order valence-electron chi connectivity index (χ2n) is 4.09. The van der Waals surface area contributed by atoms with Crippen LogP contribution in [0.4, 0.5) is 5.69 Å². The van der Waals surface area contributed by atoms with Gasteiger partial charge in [-0.1, -0.05) is 6.08 Å². The van der Waals surface area contributed by atoms with Gasteiger partial charge < -0.3 is 10.1 Å². The van der Waals surface area contributed by atoms with Crippen molar-refractivity contribution in [3.63, 3.8) is 0 Å². The van der Waals surface area contributed by atoms with Gasteiger partial charge in [0.15, 0.2) is 0 Å². The van der Waals surface area contributed by atoms with Gasteiger partial charge in [0, 0.05) is 11.7 Å². The minimum Gasteiger partial charge on any atom is -0.497 e. The topological polar surface area (TPSA) is 21.3 Å². The van der Waals surface area contributed by atoms with Crippen LogP contribution in [0.1, 0.15) is 25.3 Å². The third kappa shape index (κ3) is 3.61. The Morgan fingerprint density at radius 1 is 1.50 bits per heavy atom. The molecule has 2 nitrogen and oxygen atoms in total. The zero-order valence-corrected chi connectivity index (χ0v) is 10.4. The first-order valence-electron chi connectivity index (χ1n) is 5.69. The van der Waals surface area contributed by atoms with Crippen molar-refractivity contribution in [2.75, 3.05) is 12.4 Å². The quantitative estimate of drug-likeness (QED) is 0.735. The number of anilines is 1. The fraction of sp³-hybridized carbons (Fsp3) is 0.429. The van der Waals surface area contributed by atoms with E-state index in [0.29, 0.717) is 6.04 Å². The Hall–Kier alpha value is -1.44. The first kappa shape index (κ1) is 12.6. The van der Waals surface area contributed by atoms with Crippen molar-refractivity contribution < 1.29 is 4.74 Å². The minimum absolute atomic E-state index is 0.463. The lowest BCUT2D eigenvalue weighted by molar-refractivity contribution is 0.414. The minimum atomic E-state index is 0.463. The van der Waals surface area contributed by atoms with Crippen LogP contribution in [0, 0.1) is 6.92 Å². The number of ether oxygens (including phenoxy) is 1. The van der Waals surface area contributed by atoms with E-state index < -0.39 is 0 Å². The summed E-state index contributed by atoms with van der Waals surface area (Å²) in [4.78, 5) is 0. The highest BCUT2D eigenvalue weighted by Gasteiger charge is 2.04. The molecular weight excluding hydrogens is 198 g/mol. The first-order valence-corrected chi connectivity index (χ1v) is 5.69. The molecule has 0 aliphatic rings. The van der Waals surface area contributed by atoms with Crippen molar-refractivity contribution >= 4 is 5.69 Å². The van der Waals surface area contributed by atoms with Crippen LogP contribution in [0.15, 0.2) is 30.9 Å². The summed E-state index contributed by atoms with van der Waals surface area (Å²) >= 11 is 0. The Labute approximate surface area is 98.3 Å². The molecule has 2 heteroatoms. The van der Waals surface area contributed by atoms with Crippen LogP contribution < -0.4 is 10.1 Å². The van der Waals surface area contributed by atoms with E-state index in [4.69, 9.17) is 4.74 Å². The second kappa shape index (κ2) is 6.21. The van der Waals surface area contributed by atoms with E-state index in [0.717, 1.165) is 18.6 Å². The number of hydrogen-bond acceptors (Lipinski definition) is 2. The van der Waals surface area contributed by atoms with Gasteiger partial charge in [-0.3, -0.25) is 0 Å². The number of benzene rings is 1. The van der Waals surface area contributed by atoms with E-state index in [1.807, 2.05) is 18.2 Å². The summed E-state index contributed by atoms with van der Waals surface area (Å²) in [5.74, 6) is 0.904. The second-order valence-corrected chi connectivity index (χ2v) is 4.09. The number of aryl methyl sites for hydroxylation is 1. The van der Waals surface area contributed by atoms with Crippen LogP contribution >= 0.6 is 0 Å². The smallest absolute Gasteiger partial charge is 0.119 e. The molecule has 0 heterocycles. The SMILES string of the molecule is C=CCCC(C)Nc1ccc(OC)cc1C. The standard InChI is InChI=1S/C14H21NO/c1-5-6-7-12(3)15-14-9-8-13(16-4)10-11(14)2/h5,8-10,12,15H,1,6-7H2,2-4H3. The molecule has 1 aromatic carbocycles. The molecule has 1 aromatic rings. The van der Waals surface area contributed by atoms with Gasteiger partial charge >= 0.3 is 0 Å². The van der Waals surface area contributed by atoms with Gasteiger partial charge in [-0.05, 0) is 50.5 Å².